The Labute approximate surface area is 116 Å². The fraction of sp³-hybridized carbons (Fsp3) is 0.417. The quantitative estimate of drug-likeness (QED) is 0.734. The third-order valence-corrected chi connectivity index (χ3v) is 4.55. The Kier molecular flexibility index (Phi) is 4.20. The van der Waals surface area contributed by atoms with E-state index >= 15 is 0 Å². The predicted octanol–water partition coefficient (Wildman–Crippen LogP) is 3.59. The zero-order valence-electron chi connectivity index (χ0n) is 9.13. The van der Waals surface area contributed by atoms with Gasteiger partial charge in [-0.1, -0.05) is 22.0 Å². The fourth-order valence-electron chi connectivity index (χ4n) is 2.09. The highest BCUT2D eigenvalue weighted by Crippen LogP contribution is 2.26. The molecule has 1 fully saturated rings. The van der Waals surface area contributed by atoms with E-state index in [9.17, 15) is 9.18 Å². The van der Waals surface area contributed by atoms with Crippen LogP contribution in [-0.4, -0.2) is 28.7 Å². The van der Waals surface area contributed by atoms with Crippen LogP contribution in [0.4, 0.5) is 4.39 Å². The van der Waals surface area contributed by atoms with E-state index in [1.807, 2.05) is 4.90 Å². The summed E-state index contributed by atoms with van der Waals surface area (Å²) >= 11 is 6.55. The smallest absolute Gasteiger partial charge is 0.255 e. The molecular weight excluding hydrogens is 353 g/mol. The van der Waals surface area contributed by atoms with Gasteiger partial charge in [0.25, 0.3) is 5.91 Å². The van der Waals surface area contributed by atoms with Crippen LogP contribution in [0.25, 0.3) is 0 Å². The number of nitrogens with zero attached hydrogens (tertiary/aromatic N) is 1. The molecular formula is C12H12Br2FNO. The maximum absolute atomic E-state index is 13.4. The average molecular weight is 365 g/mol. The van der Waals surface area contributed by atoms with E-state index in [0.29, 0.717) is 5.56 Å². The normalized spacial score (nSPS) is 19.7. The summed E-state index contributed by atoms with van der Waals surface area (Å²) in [6, 6.07) is 4.77. The second-order valence-electron chi connectivity index (χ2n) is 4.05. The summed E-state index contributed by atoms with van der Waals surface area (Å²) in [5.74, 6) is -0.497. The molecule has 1 aromatic carbocycles. The van der Waals surface area contributed by atoms with Crippen molar-refractivity contribution >= 4 is 37.8 Å². The van der Waals surface area contributed by atoms with Gasteiger partial charge in [-0.25, -0.2) is 4.39 Å². The van der Waals surface area contributed by atoms with Crippen LogP contribution < -0.4 is 0 Å². The van der Waals surface area contributed by atoms with Crippen LogP contribution in [-0.2, 0) is 0 Å². The first-order valence-electron chi connectivity index (χ1n) is 5.46. The van der Waals surface area contributed by atoms with Gasteiger partial charge in [0.05, 0.1) is 10.0 Å². The van der Waals surface area contributed by atoms with Gasteiger partial charge in [-0.2, -0.15) is 0 Å². The Bertz CT molecular complexity index is 439. The highest BCUT2D eigenvalue weighted by atomic mass is 79.9. The Morgan fingerprint density at radius 2 is 2.29 bits per heavy atom. The van der Waals surface area contributed by atoms with Crippen LogP contribution in [0.2, 0.25) is 0 Å². The molecule has 5 heteroatoms. The van der Waals surface area contributed by atoms with Crippen LogP contribution in [0.5, 0.6) is 0 Å². The lowest BCUT2D eigenvalue weighted by molar-refractivity contribution is 0.0749. The number of hydrogen-bond acceptors (Lipinski definition) is 1. The van der Waals surface area contributed by atoms with Gasteiger partial charge < -0.3 is 4.90 Å². The van der Waals surface area contributed by atoms with Crippen LogP contribution >= 0.6 is 31.9 Å². The largest absolute Gasteiger partial charge is 0.335 e. The first kappa shape index (κ1) is 13.0. The highest BCUT2D eigenvalue weighted by Gasteiger charge is 2.29. The second-order valence-corrected chi connectivity index (χ2v) is 5.49. The number of halogens is 3. The molecule has 1 aliphatic heterocycles. The van der Waals surface area contributed by atoms with Crippen LogP contribution in [0.1, 0.15) is 23.2 Å². The Morgan fingerprint density at radius 1 is 1.53 bits per heavy atom. The maximum Gasteiger partial charge on any atom is 0.255 e. The third kappa shape index (κ3) is 2.55. The lowest BCUT2D eigenvalue weighted by atomic mass is 10.2. The summed E-state index contributed by atoms with van der Waals surface area (Å²) in [7, 11) is 0. The van der Waals surface area contributed by atoms with Crippen molar-refractivity contribution < 1.29 is 9.18 Å². The number of carbonyl (C=O) groups excluding carboxylic acids is 1. The molecule has 92 valence electrons. The lowest BCUT2D eigenvalue weighted by Gasteiger charge is -2.23. The minimum absolute atomic E-state index is 0.0988. The first-order valence-corrected chi connectivity index (χ1v) is 7.37. The summed E-state index contributed by atoms with van der Waals surface area (Å²) in [6.07, 6.45) is 2.01. The van der Waals surface area contributed by atoms with Gasteiger partial charge in [-0.3, -0.25) is 4.79 Å². The molecule has 0 aliphatic carbocycles. The zero-order valence-corrected chi connectivity index (χ0v) is 12.3. The summed E-state index contributed by atoms with van der Waals surface area (Å²) < 4.78 is 13.6. The van der Waals surface area contributed by atoms with Crippen molar-refractivity contribution in [1.82, 2.24) is 4.90 Å². The van der Waals surface area contributed by atoms with Crippen molar-refractivity contribution in [2.45, 2.75) is 18.9 Å². The van der Waals surface area contributed by atoms with E-state index in [0.717, 1.165) is 24.7 Å². The lowest BCUT2D eigenvalue weighted by Crippen LogP contribution is -2.36. The Balaban J connectivity index is 2.28. The fourth-order valence-corrected chi connectivity index (χ4v) is 3.19. The topological polar surface area (TPSA) is 20.3 Å². The molecule has 1 aliphatic rings. The van der Waals surface area contributed by atoms with Crippen molar-refractivity contribution in [3.8, 4) is 0 Å². The van der Waals surface area contributed by atoms with Gasteiger partial charge in [-0.15, -0.1) is 0 Å². The Morgan fingerprint density at radius 3 is 3.00 bits per heavy atom. The summed E-state index contributed by atoms with van der Waals surface area (Å²) in [4.78, 5) is 14.1. The Hall–Kier alpha value is -0.420. The first-order chi connectivity index (χ1) is 8.15. The van der Waals surface area contributed by atoms with Crippen molar-refractivity contribution in [3.05, 3.63) is 34.1 Å². The van der Waals surface area contributed by atoms with Gasteiger partial charge in [-0.05, 0) is 40.9 Å². The molecule has 1 aromatic rings. The van der Waals surface area contributed by atoms with Gasteiger partial charge in [0.15, 0.2) is 0 Å². The van der Waals surface area contributed by atoms with Crippen LogP contribution in [0, 0.1) is 5.82 Å². The molecule has 2 nitrogen and oxygen atoms in total. The molecule has 17 heavy (non-hydrogen) atoms. The minimum atomic E-state index is -0.398. The van der Waals surface area contributed by atoms with E-state index in [1.165, 1.54) is 6.07 Å². The van der Waals surface area contributed by atoms with Crippen molar-refractivity contribution in [2.75, 3.05) is 11.9 Å². The van der Waals surface area contributed by atoms with E-state index in [2.05, 4.69) is 31.9 Å². The molecule has 0 radical (unpaired) electrons. The number of carbonyl (C=O) groups is 1. The SMILES string of the molecule is O=C(c1cccc(F)c1Br)N1CCCC1CBr. The number of rotatable bonds is 2. The number of hydrogen-bond donors (Lipinski definition) is 0. The molecule has 0 bridgehead atoms. The average Bonchev–Trinajstić information content (AvgIpc) is 2.80. The van der Waals surface area contributed by atoms with E-state index < -0.39 is 5.82 Å². The molecule has 0 saturated carbocycles. The summed E-state index contributed by atoms with van der Waals surface area (Å²) in [6.45, 7) is 0.748. The molecule has 1 amide bonds. The number of alkyl halides is 1. The number of likely N-dealkylation sites (tertiary alicyclic amines) is 1. The molecule has 1 unspecified atom stereocenters. The van der Waals surface area contributed by atoms with Crippen LogP contribution in [0.3, 0.4) is 0 Å². The third-order valence-electron chi connectivity index (χ3n) is 3.00. The molecule has 1 saturated heterocycles. The second kappa shape index (κ2) is 5.48. The van der Waals surface area contributed by atoms with Gasteiger partial charge in [0.1, 0.15) is 5.82 Å². The highest BCUT2D eigenvalue weighted by molar-refractivity contribution is 9.10. The number of benzene rings is 1. The van der Waals surface area contributed by atoms with E-state index in [4.69, 9.17) is 0 Å². The van der Waals surface area contributed by atoms with E-state index in [1.54, 1.807) is 12.1 Å². The molecule has 0 aromatic heterocycles. The van der Waals surface area contributed by atoms with Gasteiger partial charge in [0, 0.05) is 17.9 Å². The molecule has 0 N–H and O–H groups in total. The minimum Gasteiger partial charge on any atom is -0.335 e. The molecule has 0 spiro atoms. The molecule has 2 rings (SSSR count). The molecule has 1 heterocycles. The van der Waals surface area contributed by atoms with Gasteiger partial charge in [0.2, 0.25) is 0 Å². The summed E-state index contributed by atoms with van der Waals surface area (Å²) in [5, 5.41) is 0.770. The zero-order chi connectivity index (χ0) is 12.4. The molecule has 1 atom stereocenters. The summed E-state index contributed by atoms with van der Waals surface area (Å²) in [5.41, 5.74) is 0.401. The van der Waals surface area contributed by atoms with Crippen molar-refractivity contribution in [2.24, 2.45) is 0 Å². The number of amides is 1. The predicted molar refractivity (Wildman–Crippen MR) is 72.0 cm³/mol. The van der Waals surface area contributed by atoms with Gasteiger partial charge >= 0.3 is 0 Å². The van der Waals surface area contributed by atoms with E-state index in [-0.39, 0.29) is 16.4 Å². The van der Waals surface area contributed by atoms with Crippen LogP contribution in [0.15, 0.2) is 22.7 Å². The monoisotopic (exact) mass is 363 g/mol. The standard InChI is InChI=1S/C12H12Br2FNO/c13-7-8-3-2-6-16(8)12(17)9-4-1-5-10(15)11(9)14/h1,4-5,8H,2-3,6-7H2. The van der Waals surface area contributed by atoms with Crippen molar-refractivity contribution in [1.29, 1.82) is 0 Å². The van der Waals surface area contributed by atoms with Crippen molar-refractivity contribution in [3.63, 3.8) is 0 Å². The maximum atomic E-state index is 13.4.